The molecule has 1 atom stereocenters. The number of likely N-dealkylation sites (N-methyl/N-ethyl adjacent to an activating group) is 1. The third kappa shape index (κ3) is 5.07. The van der Waals surface area contributed by atoms with Crippen LogP contribution in [0, 0.1) is 17.0 Å². The lowest BCUT2D eigenvalue weighted by Gasteiger charge is -2.21. The first-order chi connectivity index (χ1) is 13.1. The molecule has 150 valence electrons. The van der Waals surface area contributed by atoms with E-state index in [1.165, 1.54) is 6.07 Å². The average Bonchev–Trinajstić information content (AvgIpc) is 2.61. The molecule has 1 N–H and O–H groups in total. The van der Waals surface area contributed by atoms with Gasteiger partial charge in [-0.15, -0.1) is 0 Å². The van der Waals surface area contributed by atoms with Crippen LogP contribution < -0.4 is 4.74 Å². The maximum atomic E-state index is 11.6. The third-order valence-electron chi connectivity index (χ3n) is 4.68. The maximum Gasteiger partial charge on any atom is 0.320 e. The number of aliphatic carboxylic acids is 1. The lowest BCUT2D eigenvalue weighted by molar-refractivity contribution is -0.385. The minimum Gasteiger partial charge on any atom is -0.480 e. The molecular formula is C21H26N2O5. The first-order valence-electron chi connectivity index (χ1n) is 9.09. The highest BCUT2D eigenvalue weighted by atomic mass is 16.6. The number of nitro groups is 1. The summed E-state index contributed by atoms with van der Waals surface area (Å²) in [4.78, 5) is 23.8. The largest absolute Gasteiger partial charge is 0.480 e. The van der Waals surface area contributed by atoms with E-state index in [2.05, 4.69) is 0 Å². The molecule has 2 aromatic carbocycles. The summed E-state index contributed by atoms with van der Waals surface area (Å²) in [5.74, 6) is 0.0235. The van der Waals surface area contributed by atoms with Gasteiger partial charge in [-0.25, -0.2) is 0 Å². The van der Waals surface area contributed by atoms with Crippen LogP contribution >= 0.6 is 0 Å². The number of carboxylic acid groups (broad SMARTS) is 1. The number of rotatable bonds is 8. The molecule has 7 heteroatoms. The van der Waals surface area contributed by atoms with Gasteiger partial charge in [0.05, 0.1) is 4.92 Å². The second-order valence-electron chi connectivity index (χ2n) is 7.29. The molecule has 7 nitrogen and oxygen atoms in total. The molecule has 1 unspecified atom stereocenters. The molecule has 0 amide bonds. The summed E-state index contributed by atoms with van der Waals surface area (Å²) >= 11 is 0. The summed E-state index contributed by atoms with van der Waals surface area (Å²) < 4.78 is 5.94. The quantitative estimate of drug-likeness (QED) is 0.521. The van der Waals surface area contributed by atoms with E-state index in [1.807, 2.05) is 39.0 Å². The van der Waals surface area contributed by atoms with E-state index in [-0.39, 0.29) is 23.9 Å². The summed E-state index contributed by atoms with van der Waals surface area (Å²) in [5.41, 5.74) is 2.47. The zero-order valence-corrected chi connectivity index (χ0v) is 16.8. The predicted octanol–water partition coefficient (Wildman–Crippen LogP) is 4.72. The Morgan fingerprint density at radius 1 is 1.18 bits per heavy atom. The number of aryl methyl sites for hydroxylation is 1. The fourth-order valence-electron chi connectivity index (χ4n) is 2.83. The number of carboxylic acids is 1. The Balaban J connectivity index is 2.35. The Hall–Kier alpha value is -2.93. The highest BCUT2D eigenvalue weighted by molar-refractivity contribution is 5.72. The zero-order chi connectivity index (χ0) is 21.0. The highest BCUT2D eigenvalue weighted by Gasteiger charge is 2.21. The van der Waals surface area contributed by atoms with Crippen molar-refractivity contribution in [3.8, 4) is 11.5 Å². The fraction of sp³-hybridized carbons (Fsp3) is 0.381. The van der Waals surface area contributed by atoms with Crippen LogP contribution in [0.15, 0.2) is 36.4 Å². The molecule has 0 aliphatic rings. The molecule has 0 fully saturated rings. The van der Waals surface area contributed by atoms with Crippen LogP contribution in [0.25, 0.3) is 0 Å². The summed E-state index contributed by atoms with van der Waals surface area (Å²) in [5, 5.41) is 20.7. The summed E-state index contributed by atoms with van der Waals surface area (Å²) in [6.07, 6.45) is 0. The molecule has 0 saturated carbocycles. The Bertz CT molecular complexity index is 879. The van der Waals surface area contributed by atoms with E-state index >= 15 is 0 Å². The van der Waals surface area contributed by atoms with Crippen LogP contribution in [0.4, 0.5) is 5.69 Å². The minimum atomic E-state index is -0.947. The van der Waals surface area contributed by atoms with Gasteiger partial charge in [0.1, 0.15) is 11.8 Å². The number of nitrogens with zero attached hydrogens (tertiary/aromatic N) is 2. The molecule has 0 radical (unpaired) electrons. The second-order valence-corrected chi connectivity index (χ2v) is 7.29. The van der Waals surface area contributed by atoms with Gasteiger partial charge in [0.2, 0.25) is 5.75 Å². The van der Waals surface area contributed by atoms with Gasteiger partial charge in [-0.1, -0.05) is 32.0 Å². The number of hydrogen-bond donors (Lipinski definition) is 1. The van der Waals surface area contributed by atoms with Crippen molar-refractivity contribution in [2.24, 2.45) is 0 Å². The highest BCUT2D eigenvalue weighted by Crippen LogP contribution is 2.36. The van der Waals surface area contributed by atoms with Gasteiger partial charge in [0.15, 0.2) is 0 Å². The van der Waals surface area contributed by atoms with E-state index in [0.29, 0.717) is 11.3 Å². The second kappa shape index (κ2) is 8.84. The monoisotopic (exact) mass is 386 g/mol. The molecular weight excluding hydrogens is 360 g/mol. The van der Waals surface area contributed by atoms with Gasteiger partial charge in [0.25, 0.3) is 0 Å². The molecule has 2 rings (SSSR count). The molecule has 0 heterocycles. The van der Waals surface area contributed by atoms with Crippen LogP contribution in [0.5, 0.6) is 11.5 Å². The van der Waals surface area contributed by atoms with Gasteiger partial charge in [-0.3, -0.25) is 19.8 Å². The average molecular weight is 386 g/mol. The first kappa shape index (κ1) is 21.4. The van der Waals surface area contributed by atoms with Gasteiger partial charge < -0.3 is 9.84 Å². The Morgan fingerprint density at radius 3 is 2.43 bits per heavy atom. The van der Waals surface area contributed by atoms with Crippen molar-refractivity contribution >= 4 is 11.7 Å². The number of nitro benzene ring substituents is 1. The van der Waals surface area contributed by atoms with E-state index < -0.39 is 16.9 Å². The number of ether oxygens (including phenoxy) is 1. The number of carbonyl (C=O) groups is 1. The molecule has 0 spiro atoms. The van der Waals surface area contributed by atoms with Crippen molar-refractivity contribution in [3.05, 3.63) is 63.2 Å². The number of hydrogen-bond acceptors (Lipinski definition) is 5. The number of benzene rings is 2. The lowest BCUT2D eigenvalue weighted by Crippen LogP contribution is -2.35. The van der Waals surface area contributed by atoms with E-state index in [0.717, 1.165) is 11.1 Å². The van der Waals surface area contributed by atoms with Crippen LogP contribution in [-0.2, 0) is 11.3 Å². The summed E-state index contributed by atoms with van der Waals surface area (Å²) in [7, 11) is 1.66. The molecule has 2 aromatic rings. The van der Waals surface area contributed by atoms with Crippen LogP contribution in [0.3, 0.4) is 0 Å². The lowest BCUT2D eigenvalue weighted by atomic mass is 10.0. The van der Waals surface area contributed by atoms with Gasteiger partial charge in [0, 0.05) is 12.6 Å². The minimum absolute atomic E-state index is 0.148. The first-order valence-corrected chi connectivity index (χ1v) is 9.09. The fourth-order valence-corrected chi connectivity index (χ4v) is 2.83. The van der Waals surface area contributed by atoms with E-state index in [1.54, 1.807) is 31.0 Å². The van der Waals surface area contributed by atoms with Gasteiger partial charge in [-0.2, -0.15) is 0 Å². The van der Waals surface area contributed by atoms with Crippen LogP contribution in [-0.4, -0.2) is 34.0 Å². The van der Waals surface area contributed by atoms with Crippen molar-refractivity contribution in [3.63, 3.8) is 0 Å². The Labute approximate surface area is 164 Å². The molecule has 0 aromatic heterocycles. The van der Waals surface area contributed by atoms with Gasteiger partial charge in [-0.05, 0) is 55.6 Å². The SMILES string of the molecule is Cc1ccc(C(C)C)c(Oc2ccc(CN(C)C(C)C(=O)O)cc2[N+](=O)[O-])c1. The topological polar surface area (TPSA) is 92.9 Å². The Morgan fingerprint density at radius 2 is 1.86 bits per heavy atom. The van der Waals surface area contributed by atoms with Crippen molar-refractivity contribution in [1.29, 1.82) is 0 Å². The molecule has 0 aliphatic carbocycles. The van der Waals surface area contributed by atoms with Crippen molar-refractivity contribution in [2.45, 2.75) is 46.2 Å². The summed E-state index contributed by atoms with van der Waals surface area (Å²) in [6, 6.07) is 9.85. The van der Waals surface area contributed by atoms with Gasteiger partial charge >= 0.3 is 11.7 Å². The van der Waals surface area contributed by atoms with Crippen molar-refractivity contribution < 1.29 is 19.6 Å². The summed E-state index contributed by atoms with van der Waals surface area (Å²) in [6.45, 7) is 7.85. The third-order valence-corrected chi connectivity index (χ3v) is 4.68. The van der Waals surface area contributed by atoms with Crippen molar-refractivity contribution in [2.75, 3.05) is 7.05 Å². The zero-order valence-electron chi connectivity index (χ0n) is 16.8. The normalized spacial score (nSPS) is 12.2. The van der Waals surface area contributed by atoms with Crippen LogP contribution in [0.1, 0.15) is 43.4 Å². The smallest absolute Gasteiger partial charge is 0.320 e. The van der Waals surface area contributed by atoms with Crippen molar-refractivity contribution in [1.82, 2.24) is 4.90 Å². The Kier molecular flexibility index (Phi) is 6.75. The predicted molar refractivity (Wildman–Crippen MR) is 107 cm³/mol. The van der Waals surface area contributed by atoms with E-state index in [4.69, 9.17) is 9.84 Å². The molecule has 0 saturated heterocycles. The molecule has 0 aliphatic heterocycles. The molecule has 0 bridgehead atoms. The molecule has 28 heavy (non-hydrogen) atoms. The van der Waals surface area contributed by atoms with E-state index in [9.17, 15) is 14.9 Å². The standard InChI is InChI=1S/C21H26N2O5/c1-13(2)17-8-6-14(3)10-20(17)28-19-9-7-16(11-18(19)23(26)27)12-22(5)15(4)21(24)25/h6-11,13,15H,12H2,1-5H3,(H,24,25). The van der Waals surface area contributed by atoms with Crippen LogP contribution in [0.2, 0.25) is 0 Å². The maximum absolute atomic E-state index is 11.6.